The molecule has 0 bridgehead atoms. The van der Waals surface area contributed by atoms with Gasteiger partial charge >= 0.3 is 0 Å². The summed E-state index contributed by atoms with van der Waals surface area (Å²) in [6.07, 6.45) is 0. The first kappa shape index (κ1) is 9.21. The van der Waals surface area contributed by atoms with Crippen LogP contribution in [0.4, 0.5) is 0 Å². The fraction of sp³-hybridized carbons (Fsp3) is 0.222. The minimum atomic E-state index is -3.57. The Balaban J connectivity index is 2.88. The summed E-state index contributed by atoms with van der Waals surface area (Å²) in [5.74, 6) is -0.446. The van der Waals surface area contributed by atoms with E-state index in [1.165, 1.54) is 13.1 Å². The van der Waals surface area contributed by atoms with E-state index in [2.05, 4.69) is 0 Å². The monoisotopic (exact) mass is 211 g/mol. The highest BCUT2D eigenvalue weighted by Gasteiger charge is 2.39. The minimum Gasteiger partial charge on any atom is -0.268 e. The van der Waals surface area contributed by atoms with E-state index in [0.29, 0.717) is 11.1 Å². The zero-order valence-corrected chi connectivity index (χ0v) is 8.63. The zero-order chi connectivity index (χ0) is 10.5. The maximum atomic E-state index is 11.7. The molecule has 1 heterocycles. The third-order valence-electron chi connectivity index (χ3n) is 2.37. The lowest BCUT2D eigenvalue weighted by Crippen LogP contribution is -2.24. The number of carbonyl (C=O) groups excluding carboxylic acids is 1. The van der Waals surface area contributed by atoms with E-state index in [4.69, 9.17) is 0 Å². The van der Waals surface area contributed by atoms with Crippen LogP contribution in [0.15, 0.2) is 23.1 Å². The van der Waals surface area contributed by atoms with Gasteiger partial charge in [0.2, 0.25) is 0 Å². The molecule has 0 saturated heterocycles. The summed E-state index contributed by atoms with van der Waals surface area (Å²) in [7, 11) is -2.30. The highest BCUT2D eigenvalue weighted by atomic mass is 32.2. The third kappa shape index (κ3) is 0.928. The summed E-state index contributed by atoms with van der Waals surface area (Å²) in [6.45, 7) is 1.73. The van der Waals surface area contributed by atoms with Crippen molar-refractivity contribution < 1.29 is 13.2 Å². The van der Waals surface area contributed by atoms with Crippen molar-refractivity contribution in [2.75, 3.05) is 7.05 Å². The smallest absolute Gasteiger partial charge is 0.268 e. The number of sulfonamides is 1. The Bertz CT molecular complexity index is 519. The van der Waals surface area contributed by atoms with Crippen LogP contribution in [0, 0.1) is 6.92 Å². The fourth-order valence-electron chi connectivity index (χ4n) is 1.54. The first-order chi connectivity index (χ1) is 6.46. The van der Waals surface area contributed by atoms with Crippen molar-refractivity contribution in [1.82, 2.24) is 4.31 Å². The Morgan fingerprint density at radius 3 is 2.50 bits per heavy atom. The van der Waals surface area contributed by atoms with Crippen molar-refractivity contribution in [3.8, 4) is 0 Å². The molecule has 4 nitrogen and oxygen atoms in total. The van der Waals surface area contributed by atoms with Gasteiger partial charge in [0.25, 0.3) is 15.9 Å². The number of carbonyl (C=O) groups is 1. The number of amides is 1. The Morgan fingerprint density at radius 1 is 1.29 bits per heavy atom. The molecule has 2 rings (SSSR count). The summed E-state index contributed by atoms with van der Waals surface area (Å²) < 4.78 is 24.1. The first-order valence-corrected chi connectivity index (χ1v) is 5.53. The molecule has 1 aliphatic heterocycles. The van der Waals surface area contributed by atoms with E-state index in [0.717, 1.165) is 4.31 Å². The molecule has 74 valence electrons. The van der Waals surface area contributed by atoms with E-state index in [9.17, 15) is 13.2 Å². The zero-order valence-electron chi connectivity index (χ0n) is 7.81. The van der Waals surface area contributed by atoms with Crippen LogP contribution in [-0.4, -0.2) is 25.7 Å². The number of hydrogen-bond acceptors (Lipinski definition) is 3. The third-order valence-corrected chi connectivity index (χ3v) is 4.16. The van der Waals surface area contributed by atoms with Gasteiger partial charge in [0.15, 0.2) is 0 Å². The number of benzene rings is 1. The summed E-state index contributed by atoms with van der Waals surface area (Å²) in [5, 5.41) is 0. The van der Waals surface area contributed by atoms with Gasteiger partial charge in [-0.25, -0.2) is 12.7 Å². The van der Waals surface area contributed by atoms with Gasteiger partial charge in [0, 0.05) is 7.05 Å². The molecule has 0 N–H and O–H groups in total. The van der Waals surface area contributed by atoms with E-state index in [1.54, 1.807) is 19.1 Å². The summed E-state index contributed by atoms with van der Waals surface area (Å²) in [5.41, 5.74) is 0.996. The molecule has 5 heteroatoms. The number of hydrogen-bond donors (Lipinski definition) is 0. The van der Waals surface area contributed by atoms with Crippen LogP contribution in [-0.2, 0) is 10.0 Å². The molecular weight excluding hydrogens is 202 g/mol. The van der Waals surface area contributed by atoms with Gasteiger partial charge in [0.1, 0.15) is 4.90 Å². The highest BCUT2D eigenvalue weighted by Crippen LogP contribution is 2.30. The summed E-state index contributed by atoms with van der Waals surface area (Å²) in [4.78, 5) is 11.7. The predicted molar refractivity (Wildman–Crippen MR) is 50.5 cm³/mol. The molecule has 14 heavy (non-hydrogen) atoms. The molecule has 0 fully saturated rings. The van der Waals surface area contributed by atoms with E-state index >= 15 is 0 Å². The average Bonchev–Trinajstić information content (AvgIpc) is 2.30. The largest absolute Gasteiger partial charge is 0.269 e. The van der Waals surface area contributed by atoms with Crippen molar-refractivity contribution in [3.63, 3.8) is 0 Å². The lowest BCUT2D eigenvalue weighted by atomic mass is 10.1. The van der Waals surface area contributed by atoms with E-state index in [1.807, 2.05) is 0 Å². The van der Waals surface area contributed by atoms with Crippen molar-refractivity contribution in [2.45, 2.75) is 11.8 Å². The quantitative estimate of drug-likeness (QED) is 0.637. The number of nitrogens with zero attached hydrogens (tertiary/aromatic N) is 1. The number of fused-ring (bicyclic) bond motifs is 1. The molecule has 0 aliphatic carbocycles. The van der Waals surface area contributed by atoms with E-state index in [-0.39, 0.29) is 4.90 Å². The van der Waals surface area contributed by atoms with Gasteiger partial charge in [-0.3, -0.25) is 4.79 Å². The second-order valence-corrected chi connectivity index (χ2v) is 5.16. The van der Waals surface area contributed by atoms with Crippen molar-refractivity contribution in [3.05, 3.63) is 29.3 Å². The predicted octanol–water partition coefficient (Wildman–Crippen LogP) is 0.769. The number of rotatable bonds is 0. The Kier molecular flexibility index (Phi) is 1.69. The van der Waals surface area contributed by atoms with Gasteiger partial charge in [-0.2, -0.15) is 0 Å². The average molecular weight is 211 g/mol. The van der Waals surface area contributed by atoms with Crippen LogP contribution in [0.5, 0.6) is 0 Å². The number of aryl methyl sites for hydroxylation is 1. The van der Waals surface area contributed by atoms with Crippen molar-refractivity contribution >= 4 is 15.9 Å². The van der Waals surface area contributed by atoms with Crippen LogP contribution >= 0.6 is 0 Å². The van der Waals surface area contributed by atoms with Gasteiger partial charge in [0.05, 0.1) is 5.56 Å². The minimum absolute atomic E-state index is 0.116. The molecule has 0 unspecified atom stereocenters. The van der Waals surface area contributed by atoms with Gasteiger partial charge in [-0.1, -0.05) is 12.1 Å². The van der Waals surface area contributed by atoms with E-state index < -0.39 is 15.9 Å². The molecule has 0 aromatic heterocycles. The second-order valence-electron chi connectivity index (χ2n) is 3.23. The highest BCUT2D eigenvalue weighted by molar-refractivity contribution is 7.90. The Hall–Kier alpha value is -1.36. The topological polar surface area (TPSA) is 54.5 Å². The van der Waals surface area contributed by atoms with Crippen LogP contribution in [0.3, 0.4) is 0 Å². The second kappa shape index (κ2) is 2.57. The summed E-state index contributed by atoms with van der Waals surface area (Å²) in [6, 6.07) is 4.82. The lowest BCUT2D eigenvalue weighted by molar-refractivity contribution is 0.0891. The van der Waals surface area contributed by atoms with Crippen molar-refractivity contribution in [1.29, 1.82) is 0 Å². The standard InChI is InChI=1S/C9H9NO3S/c1-6-4-3-5-7-8(6)9(11)10(2)14(7,12)13/h3-5H,1-2H3. The molecule has 1 aliphatic rings. The maximum Gasteiger partial charge on any atom is 0.269 e. The summed E-state index contributed by atoms with van der Waals surface area (Å²) >= 11 is 0. The molecule has 0 radical (unpaired) electrons. The molecule has 1 aromatic carbocycles. The van der Waals surface area contributed by atoms with Crippen LogP contribution in [0.1, 0.15) is 15.9 Å². The molecule has 0 saturated carbocycles. The van der Waals surface area contributed by atoms with Crippen molar-refractivity contribution in [2.24, 2.45) is 0 Å². The van der Waals surface area contributed by atoms with Crippen LogP contribution < -0.4 is 0 Å². The van der Waals surface area contributed by atoms with Crippen LogP contribution in [0.2, 0.25) is 0 Å². The Morgan fingerprint density at radius 2 is 1.93 bits per heavy atom. The van der Waals surface area contributed by atoms with Gasteiger partial charge in [-0.15, -0.1) is 0 Å². The van der Waals surface area contributed by atoms with Gasteiger partial charge in [-0.05, 0) is 18.6 Å². The maximum absolute atomic E-state index is 11.7. The molecular formula is C9H9NO3S. The fourth-order valence-corrected chi connectivity index (χ4v) is 2.91. The SMILES string of the molecule is Cc1cccc2c1C(=O)N(C)S2(=O)=O. The normalized spacial score (nSPS) is 18.4. The molecule has 1 aromatic rings. The molecule has 0 atom stereocenters. The first-order valence-electron chi connectivity index (χ1n) is 4.09. The van der Waals surface area contributed by atoms with Gasteiger partial charge < -0.3 is 0 Å². The molecule has 0 spiro atoms. The van der Waals surface area contributed by atoms with Crippen LogP contribution in [0.25, 0.3) is 0 Å². The lowest BCUT2D eigenvalue weighted by Gasteiger charge is -2.05. The Labute approximate surface area is 82.2 Å². The molecule has 1 amide bonds.